The number of likely N-dealkylation sites (tertiary alicyclic amines) is 1. The van der Waals surface area contributed by atoms with Gasteiger partial charge in [-0.15, -0.1) is 12.4 Å². The molecule has 1 aliphatic carbocycles. The van der Waals surface area contributed by atoms with E-state index in [9.17, 15) is 9.59 Å². The topological polar surface area (TPSA) is 75.9 Å². The lowest BCUT2D eigenvalue weighted by Gasteiger charge is -2.45. The Labute approximate surface area is 163 Å². The molecule has 6 nitrogen and oxygen atoms in total. The van der Waals surface area contributed by atoms with E-state index in [0.29, 0.717) is 39.3 Å². The zero-order valence-corrected chi connectivity index (χ0v) is 17.0. The number of nitrogens with two attached hydrogens (primary N) is 1. The molecule has 0 bridgehead atoms. The second-order valence-electron chi connectivity index (χ2n) is 8.77. The summed E-state index contributed by atoms with van der Waals surface area (Å²) in [5, 5.41) is 0. The average molecular weight is 388 g/mol. The molecule has 0 aromatic carbocycles. The third-order valence-electron chi connectivity index (χ3n) is 6.47. The van der Waals surface area contributed by atoms with Gasteiger partial charge in [-0.2, -0.15) is 0 Å². The highest BCUT2D eigenvalue weighted by Gasteiger charge is 2.48. The summed E-state index contributed by atoms with van der Waals surface area (Å²) in [6.07, 6.45) is 4.95. The number of rotatable bonds is 3. The average Bonchev–Trinajstić information content (AvgIpc) is 3.07. The van der Waals surface area contributed by atoms with E-state index in [1.165, 1.54) is 0 Å². The SMILES string of the molecule is CC1(C)CN(C(=O)C2(CC(=O)N3CCOCC3)CCCC2)CCC1N.Cl. The van der Waals surface area contributed by atoms with Gasteiger partial charge in [-0.1, -0.05) is 26.7 Å². The van der Waals surface area contributed by atoms with Crippen LogP contribution in [0.5, 0.6) is 0 Å². The lowest BCUT2D eigenvalue weighted by molar-refractivity contribution is -0.152. The normalized spacial score (nSPS) is 27.7. The number of halogens is 1. The molecule has 0 radical (unpaired) electrons. The first-order valence-electron chi connectivity index (χ1n) is 9.75. The summed E-state index contributed by atoms with van der Waals surface area (Å²) < 4.78 is 5.34. The summed E-state index contributed by atoms with van der Waals surface area (Å²) in [4.78, 5) is 30.1. The van der Waals surface area contributed by atoms with Crippen molar-refractivity contribution in [3.8, 4) is 0 Å². The monoisotopic (exact) mass is 387 g/mol. The highest BCUT2D eigenvalue weighted by Crippen LogP contribution is 2.44. The van der Waals surface area contributed by atoms with Gasteiger partial charge in [0.05, 0.1) is 18.6 Å². The largest absolute Gasteiger partial charge is 0.378 e. The molecule has 7 heteroatoms. The van der Waals surface area contributed by atoms with E-state index >= 15 is 0 Å². The summed E-state index contributed by atoms with van der Waals surface area (Å²) in [7, 11) is 0. The lowest BCUT2D eigenvalue weighted by Crippen LogP contribution is -2.57. The van der Waals surface area contributed by atoms with E-state index < -0.39 is 5.41 Å². The fourth-order valence-corrected chi connectivity index (χ4v) is 4.61. The van der Waals surface area contributed by atoms with Crippen LogP contribution in [0.1, 0.15) is 52.4 Å². The van der Waals surface area contributed by atoms with E-state index in [2.05, 4.69) is 13.8 Å². The molecular weight excluding hydrogens is 354 g/mol. The van der Waals surface area contributed by atoms with Gasteiger partial charge in [0, 0.05) is 38.6 Å². The molecule has 2 amide bonds. The summed E-state index contributed by atoms with van der Waals surface area (Å²) in [5.74, 6) is 0.304. The number of ether oxygens (including phenoxy) is 1. The minimum Gasteiger partial charge on any atom is -0.378 e. The Morgan fingerprint density at radius 3 is 2.27 bits per heavy atom. The van der Waals surface area contributed by atoms with Gasteiger partial charge in [-0.05, 0) is 24.7 Å². The first-order chi connectivity index (χ1) is 11.8. The molecule has 1 unspecified atom stereocenters. The van der Waals surface area contributed by atoms with Crippen molar-refractivity contribution in [3.05, 3.63) is 0 Å². The van der Waals surface area contributed by atoms with Crippen LogP contribution < -0.4 is 5.73 Å². The van der Waals surface area contributed by atoms with Crippen LogP contribution >= 0.6 is 12.4 Å². The van der Waals surface area contributed by atoms with E-state index in [1.54, 1.807) is 0 Å². The van der Waals surface area contributed by atoms with E-state index in [4.69, 9.17) is 10.5 Å². The number of piperidine rings is 1. The van der Waals surface area contributed by atoms with Crippen molar-refractivity contribution in [2.75, 3.05) is 39.4 Å². The van der Waals surface area contributed by atoms with Gasteiger partial charge < -0.3 is 20.3 Å². The van der Waals surface area contributed by atoms with Gasteiger partial charge in [0.2, 0.25) is 11.8 Å². The van der Waals surface area contributed by atoms with Gasteiger partial charge in [0.15, 0.2) is 0 Å². The minimum atomic E-state index is -0.493. The van der Waals surface area contributed by atoms with Crippen molar-refractivity contribution in [1.82, 2.24) is 9.80 Å². The van der Waals surface area contributed by atoms with Crippen LogP contribution in [0.25, 0.3) is 0 Å². The highest BCUT2D eigenvalue weighted by molar-refractivity contribution is 5.89. The molecule has 2 saturated heterocycles. The third-order valence-corrected chi connectivity index (χ3v) is 6.47. The molecule has 1 saturated carbocycles. The molecule has 3 aliphatic rings. The van der Waals surface area contributed by atoms with Crippen molar-refractivity contribution in [2.24, 2.45) is 16.6 Å². The van der Waals surface area contributed by atoms with Gasteiger partial charge in [-0.3, -0.25) is 9.59 Å². The highest BCUT2D eigenvalue weighted by atomic mass is 35.5. The molecule has 26 heavy (non-hydrogen) atoms. The number of morpholine rings is 1. The van der Waals surface area contributed by atoms with Crippen molar-refractivity contribution in [3.63, 3.8) is 0 Å². The van der Waals surface area contributed by atoms with Gasteiger partial charge in [0.1, 0.15) is 0 Å². The summed E-state index contributed by atoms with van der Waals surface area (Å²) in [6, 6.07) is 0.131. The predicted octanol–water partition coefficient (Wildman–Crippen LogP) is 1.80. The molecule has 2 N–H and O–H groups in total. The van der Waals surface area contributed by atoms with Gasteiger partial charge in [-0.25, -0.2) is 0 Å². The van der Waals surface area contributed by atoms with Crippen LogP contribution in [0.3, 0.4) is 0 Å². The van der Waals surface area contributed by atoms with E-state index in [0.717, 1.165) is 38.6 Å². The van der Waals surface area contributed by atoms with Crippen LogP contribution in [0.15, 0.2) is 0 Å². The molecular formula is C19H34ClN3O3. The second kappa shape index (κ2) is 8.44. The van der Waals surface area contributed by atoms with Gasteiger partial charge >= 0.3 is 0 Å². The molecule has 0 aromatic rings. The van der Waals surface area contributed by atoms with Crippen LogP contribution in [-0.4, -0.2) is 67.0 Å². The number of hydrogen-bond acceptors (Lipinski definition) is 4. The molecule has 0 aromatic heterocycles. The van der Waals surface area contributed by atoms with Crippen molar-refractivity contribution < 1.29 is 14.3 Å². The maximum atomic E-state index is 13.4. The van der Waals surface area contributed by atoms with Gasteiger partial charge in [0.25, 0.3) is 0 Å². The Morgan fingerprint density at radius 2 is 1.69 bits per heavy atom. The smallest absolute Gasteiger partial charge is 0.229 e. The fourth-order valence-electron chi connectivity index (χ4n) is 4.61. The fraction of sp³-hybridized carbons (Fsp3) is 0.895. The first-order valence-corrected chi connectivity index (χ1v) is 9.75. The van der Waals surface area contributed by atoms with Crippen molar-refractivity contribution in [1.29, 1.82) is 0 Å². The third kappa shape index (κ3) is 4.34. The number of amides is 2. The predicted molar refractivity (Wildman–Crippen MR) is 103 cm³/mol. The summed E-state index contributed by atoms with van der Waals surface area (Å²) in [5.41, 5.74) is 5.67. The summed E-state index contributed by atoms with van der Waals surface area (Å²) >= 11 is 0. The lowest BCUT2D eigenvalue weighted by atomic mass is 9.76. The molecule has 2 aliphatic heterocycles. The first kappa shape index (κ1) is 21.5. The second-order valence-corrected chi connectivity index (χ2v) is 8.77. The molecule has 2 heterocycles. The maximum Gasteiger partial charge on any atom is 0.229 e. The van der Waals surface area contributed by atoms with Crippen LogP contribution in [0.4, 0.5) is 0 Å². The Kier molecular flexibility index (Phi) is 6.97. The Balaban J connectivity index is 0.00000243. The molecule has 3 fully saturated rings. The minimum absolute atomic E-state index is 0. The van der Waals surface area contributed by atoms with Crippen LogP contribution in [0, 0.1) is 10.8 Å². The number of carbonyl (C=O) groups excluding carboxylic acids is 2. The van der Waals surface area contributed by atoms with Crippen molar-refractivity contribution >= 4 is 24.2 Å². The molecule has 150 valence electrons. The number of carbonyl (C=O) groups is 2. The summed E-state index contributed by atoms with van der Waals surface area (Å²) in [6.45, 7) is 8.19. The standard InChI is InChI=1S/C19H33N3O3.ClH/c1-18(2)14-22(8-5-15(18)20)17(24)19(6-3-4-7-19)13-16(23)21-9-11-25-12-10-21;/h15H,3-14,20H2,1-2H3;1H. The van der Waals surface area contributed by atoms with E-state index in [1.807, 2.05) is 9.80 Å². The quantitative estimate of drug-likeness (QED) is 0.801. The molecule has 0 spiro atoms. The maximum absolute atomic E-state index is 13.4. The number of hydrogen-bond donors (Lipinski definition) is 1. The molecule has 3 rings (SSSR count). The van der Waals surface area contributed by atoms with Crippen LogP contribution in [0.2, 0.25) is 0 Å². The molecule has 1 atom stereocenters. The Bertz CT molecular complexity index is 514. The Morgan fingerprint density at radius 1 is 1.08 bits per heavy atom. The Hall–Kier alpha value is -0.850. The van der Waals surface area contributed by atoms with E-state index in [-0.39, 0.29) is 35.7 Å². The van der Waals surface area contributed by atoms with Crippen molar-refractivity contribution in [2.45, 2.75) is 58.4 Å². The zero-order valence-electron chi connectivity index (χ0n) is 16.2. The number of nitrogens with zero attached hydrogens (tertiary/aromatic N) is 2. The zero-order chi connectivity index (χ0) is 18.1. The van der Waals surface area contributed by atoms with Crippen LogP contribution in [-0.2, 0) is 14.3 Å².